The van der Waals surface area contributed by atoms with E-state index in [1.807, 2.05) is 40.1 Å². The average molecular weight is 196 g/mol. The Balaban J connectivity index is 0. The minimum absolute atomic E-state index is 0.584. The molecule has 0 aliphatic carbocycles. The molecule has 0 spiro atoms. The largest absolute Gasteiger partial charge is 0.245 e. The molecule has 0 saturated heterocycles. The van der Waals surface area contributed by atoms with E-state index in [0.29, 0.717) is 5.92 Å². The first kappa shape index (κ1) is 15.5. The normalized spacial score (nSPS) is 10.1. The Morgan fingerprint density at radius 3 is 1.86 bits per heavy atom. The van der Waals surface area contributed by atoms with Crippen molar-refractivity contribution in [2.45, 2.75) is 53.9 Å². The van der Waals surface area contributed by atoms with E-state index in [1.54, 1.807) is 6.33 Å². The number of hydrogen-bond acceptors (Lipinski definition) is 2. The molecule has 1 rings (SSSR count). The molecule has 1 heterocycles. The number of rotatable bonds is 2. The van der Waals surface area contributed by atoms with Crippen LogP contribution in [0.2, 0.25) is 0 Å². The third kappa shape index (κ3) is 6.58. The summed E-state index contributed by atoms with van der Waals surface area (Å²) < 4.78 is 0. The van der Waals surface area contributed by atoms with E-state index in [0.717, 1.165) is 6.42 Å². The van der Waals surface area contributed by atoms with Crippen molar-refractivity contribution in [2.75, 3.05) is 0 Å². The van der Waals surface area contributed by atoms with E-state index in [1.165, 1.54) is 5.56 Å². The van der Waals surface area contributed by atoms with E-state index in [9.17, 15) is 0 Å². The lowest BCUT2D eigenvalue weighted by atomic mass is 10.0. The monoisotopic (exact) mass is 196 g/mol. The van der Waals surface area contributed by atoms with Crippen LogP contribution in [0.15, 0.2) is 18.7 Å². The second-order valence-electron chi connectivity index (χ2n) is 2.48. The summed E-state index contributed by atoms with van der Waals surface area (Å²) in [6.45, 7) is 12.3. The maximum Gasteiger partial charge on any atom is 0.115 e. The number of aromatic nitrogens is 2. The summed E-state index contributed by atoms with van der Waals surface area (Å²) in [6.07, 6.45) is 6.46. The molecule has 0 fully saturated rings. The zero-order valence-corrected chi connectivity index (χ0v) is 10.4. The molecule has 0 amide bonds. The van der Waals surface area contributed by atoms with E-state index < -0.39 is 0 Å². The lowest BCUT2D eigenvalue weighted by Crippen LogP contribution is -1.92. The molecule has 1 aromatic rings. The summed E-state index contributed by atoms with van der Waals surface area (Å²) in [5, 5.41) is 0. The minimum atomic E-state index is 0.584. The van der Waals surface area contributed by atoms with Gasteiger partial charge in [0.1, 0.15) is 6.33 Å². The molecule has 2 nitrogen and oxygen atoms in total. The van der Waals surface area contributed by atoms with E-state index in [-0.39, 0.29) is 0 Å². The van der Waals surface area contributed by atoms with E-state index >= 15 is 0 Å². The summed E-state index contributed by atoms with van der Waals surface area (Å²) in [7, 11) is 0. The van der Waals surface area contributed by atoms with E-state index in [4.69, 9.17) is 0 Å². The van der Waals surface area contributed by atoms with Crippen molar-refractivity contribution >= 4 is 0 Å². The molecule has 2 heteroatoms. The van der Waals surface area contributed by atoms with E-state index in [2.05, 4.69) is 23.8 Å². The molecule has 0 N–H and O–H groups in total. The molecule has 1 atom stereocenters. The van der Waals surface area contributed by atoms with Gasteiger partial charge in [-0.1, -0.05) is 41.5 Å². The predicted molar refractivity (Wildman–Crippen MR) is 63.4 cm³/mol. The highest BCUT2D eigenvalue weighted by Crippen LogP contribution is 2.14. The van der Waals surface area contributed by atoms with Crippen molar-refractivity contribution < 1.29 is 0 Å². The van der Waals surface area contributed by atoms with Gasteiger partial charge in [-0.05, 0) is 17.9 Å². The Morgan fingerprint density at radius 1 is 1.07 bits per heavy atom. The van der Waals surface area contributed by atoms with Gasteiger partial charge in [-0.2, -0.15) is 0 Å². The maximum atomic E-state index is 3.94. The van der Waals surface area contributed by atoms with Gasteiger partial charge in [-0.3, -0.25) is 0 Å². The predicted octanol–water partition coefficient (Wildman–Crippen LogP) is 4.04. The zero-order valence-electron chi connectivity index (χ0n) is 10.4. The van der Waals surface area contributed by atoms with Gasteiger partial charge in [0.15, 0.2) is 0 Å². The summed E-state index contributed by atoms with van der Waals surface area (Å²) in [6, 6.07) is 0. The van der Waals surface area contributed by atoms with Crippen molar-refractivity contribution in [3.63, 3.8) is 0 Å². The highest BCUT2D eigenvalue weighted by molar-refractivity contribution is 5.07. The van der Waals surface area contributed by atoms with Crippen molar-refractivity contribution in [3.8, 4) is 0 Å². The Hall–Kier alpha value is -0.920. The van der Waals surface area contributed by atoms with Gasteiger partial charge >= 0.3 is 0 Å². The van der Waals surface area contributed by atoms with Crippen LogP contribution in [0.4, 0.5) is 0 Å². The summed E-state index contributed by atoms with van der Waals surface area (Å²) in [5.74, 6) is 0.584. The minimum Gasteiger partial charge on any atom is -0.245 e. The van der Waals surface area contributed by atoms with Crippen LogP contribution in [0.3, 0.4) is 0 Å². The fourth-order valence-corrected chi connectivity index (χ4v) is 0.801. The highest BCUT2D eigenvalue weighted by atomic mass is 14.8. The zero-order chi connectivity index (χ0) is 11.4. The quantitative estimate of drug-likeness (QED) is 0.713. The molecule has 0 bridgehead atoms. The van der Waals surface area contributed by atoms with Gasteiger partial charge in [0.05, 0.1) is 0 Å². The first-order valence-corrected chi connectivity index (χ1v) is 5.59. The molecule has 0 saturated carbocycles. The smallest absolute Gasteiger partial charge is 0.115 e. The van der Waals surface area contributed by atoms with Gasteiger partial charge in [0, 0.05) is 12.4 Å². The van der Waals surface area contributed by atoms with Gasteiger partial charge < -0.3 is 0 Å². The molecule has 0 aliphatic heterocycles. The van der Waals surface area contributed by atoms with Gasteiger partial charge in [-0.25, -0.2) is 9.97 Å². The summed E-state index contributed by atoms with van der Waals surface area (Å²) in [5.41, 5.74) is 1.23. The first-order valence-electron chi connectivity index (χ1n) is 5.59. The Kier molecular flexibility index (Phi) is 13.4. The van der Waals surface area contributed by atoms with Crippen molar-refractivity contribution in [2.24, 2.45) is 0 Å². The van der Waals surface area contributed by atoms with Crippen LogP contribution >= 0.6 is 0 Å². The molecular formula is C12H24N2. The van der Waals surface area contributed by atoms with Crippen LogP contribution in [0.25, 0.3) is 0 Å². The van der Waals surface area contributed by atoms with Crippen LogP contribution in [0, 0.1) is 0 Å². The molecule has 14 heavy (non-hydrogen) atoms. The highest BCUT2D eigenvalue weighted by Gasteiger charge is 2.00. The van der Waals surface area contributed by atoms with Gasteiger partial charge in [0.25, 0.3) is 0 Å². The maximum absolute atomic E-state index is 3.94. The summed E-state index contributed by atoms with van der Waals surface area (Å²) >= 11 is 0. The summed E-state index contributed by atoms with van der Waals surface area (Å²) in [4.78, 5) is 7.89. The lowest BCUT2D eigenvalue weighted by Gasteiger charge is -2.05. The molecular weight excluding hydrogens is 172 g/mol. The average Bonchev–Trinajstić information content (AvgIpc) is 2.34. The molecule has 0 aliphatic rings. The Labute approximate surface area is 88.8 Å². The van der Waals surface area contributed by atoms with Crippen LogP contribution < -0.4 is 0 Å². The van der Waals surface area contributed by atoms with Crippen LogP contribution in [0.1, 0.15) is 59.4 Å². The third-order valence-corrected chi connectivity index (χ3v) is 1.76. The standard InChI is InChI=1S/C8H12N2.2C2H6/c1-3-7(2)8-4-9-6-10-5-8;2*1-2/h4-7H,3H2,1-2H3;2*1-2H3. The van der Waals surface area contributed by atoms with Crippen LogP contribution in [-0.2, 0) is 0 Å². The molecule has 0 aromatic carbocycles. The Morgan fingerprint density at radius 2 is 1.50 bits per heavy atom. The second kappa shape index (κ2) is 12.1. The lowest BCUT2D eigenvalue weighted by molar-refractivity contribution is 0.724. The van der Waals surface area contributed by atoms with Crippen LogP contribution in [-0.4, -0.2) is 9.97 Å². The van der Waals surface area contributed by atoms with Gasteiger partial charge in [-0.15, -0.1) is 0 Å². The molecule has 82 valence electrons. The SMILES string of the molecule is CC.CC.CCC(C)c1cncnc1. The fourth-order valence-electron chi connectivity index (χ4n) is 0.801. The van der Waals surface area contributed by atoms with Crippen molar-refractivity contribution in [1.29, 1.82) is 0 Å². The molecule has 0 radical (unpaired) electrons. The first-order chi connectivity index (χ1) is 6.84. The number of hydrogen-bond donors (Lipinski definition) is 0. The van der Waals surface area contributed by atoms with Gasteiger partial charge in [0.2, 0.25) is 0 Å². The number of nitrogens with zero attached hydrogens (tertiary/aromatic N) is 2. The molecule has 1 aromatic heterocycles. The van der Waals surface area contributed by atoms with Crippen molar-refractivity contribution in [3.05, 3.63) is 24.3 Å². The fraction of sp³-hybridized carbons (Fsp3) is 0.667. The topological polar surface area (TPSA) is 25.8 Å². The third-order valence-electron chi connectivity index (χ3n) is 1.76. The van der Waals surface area contributed by atoms with Crippen LogP contribution in [0.5, 0.6) is 0 Å². The second-order valence-corrected chi connectivity index (χ2v) is 2.48. The Bertz CT molecular complexity index is 185. The van der Waals surface area contributed by atoms with Crippen molar-refractivity contribution in [1.82, 2.24) is 9.97 Å². The molecule has 1 unspecified atom stereocenters.